The van der Waals surface area contributed by atoms with E-state index in [2.05, 4.69) is 0 Å². The first-order chi connectivity index (χ1) is 8.33. The van der Waals surface area contributed by atoms with Crippen LogP contribution in [0.25, 0.3) is 0 Å². The Morgan fingerprint density at radius 1 is 1.44 bits per heavy atom. The van der Waals surface area contributed by atoms with Gasteiger partial charge in [0, 0.05) is 5.41 Å². The fourth-order valence-corrected chi connectivity index (χ4v) is 1.64. The average molecular weight is 269 g/mol. The summed E-state index contributed by atoms with van der Waals surface area (Å²) in [6.45, 7) is 6.37. The zero-order valence-electron chi connectivity index (χ0n) is 11.1. The minimum atomic E-state index is -0.325. The molecule has 0 amide bonds. The molecule has 0 aliphatic rings. The summed E-state index contributed by atoms with van der Waals surface area (Å²) in [6.07, 6.45) is 1.62. The molecule has 1 aromatic rings. The first-order valence-corrected chi connectivity index (χ1v) is 6.42. The molecule has 0 aliphatic carbocycles. The lowest BCUT2D eigenvalue weighted by Crippen LogP contribution is -2.30. The standard InChI is InChI=1S/C14H20FNOS/c1-10-5-6-11(15)12(9-10)17-8-4-7-14(2,3)13(16)18/h5-6,9H,4,7-8H2,1-3H3,(H2,16,18). The Balaban J connectivity index is 2.43. The molecule has 2 nitrogen and oxygen atoms in total. The number of halogens is 1. The maximum Gasteiger partial charge on any atom is 0.165 e. The molecular formula is C14H20FNOS. The van der Waals surface area contributed by atoms with Crippen molar-refractivity contribution in [2.45, 2.75) is 33.6 Å². The molecule has 0 aliphatic heterocycles. The van der Waals surface area contributed by atoms with Crippen LogP contribution in [0.1, 0.15) is 32.3 Å². The number of thiocarbonyl (C=S) groups is 1. The normalized spacial score (nSPS) is 11.3. The molecule has 0 radical (unpaired) electrons. The van der Waals surface area contributed by atoms with Crippen LogP contribution in [0, 0.1) is 18.2 Å². The van der Waals surface area contributed by atoms with Crippen molar-refractivity contribution in [2.75, 3.05) is 6.61 Å². The Labute approximate surface area is 113 Å². The van der Waals surface area contributed by atoms with Gasteiger partial charge in [0.15, 0.2) is 11.6 Å². The molecule has 0 heterocycles. The molecule has 0 atom stereocenters. The maximum absolute atomic E-state index is 13.4. The molecular weight excluding hydrogens is 249 g/mol. The number of benzene rings is 1. The number of ether oxygens (including phenoxy) is 1. The van der Waals surface area contributed by atoms with Crippen molar-refractivity contribution < 1.29 is 9.13 Å². The van der Waals surface area contributed by atoms with Crippen molar-refractivity contribution in [2.24, 2.45) is 11.1 Å². The van der Waals surface area contributed by atoms with Gasteiger partial charge in [0.25, 0.3) is 0 Å². The molecule has 2 N–H and O–H groups in total. The van der Waals surface area contributed by atoms with Crippen LogP contribution in [0.5, 0.6) is 5.75 Å². The van der Waals surface area contributed by atoms with E-state index >= 15 is 0 Å². The third-order valence-electron chi connectivity index (χ3n) is 2.96. The summed E-state index contributed by atoms with van der Waals surface area (Å²) in [5.41, 5.74) is 6.44. The molecule has 0 fully saturated rings. The predicted octanol–water partition coefficient (Wildman–Crippen LogP) is 3.61. The second-order valence-corrected chi connectivity index (χ2v) is 5.57. The lowest BCUT2D eigenvalue weighted by atomic mass is 9.88. The van der Waals surface area contributed by atoms with Gasteiger partial charge in [-0.15, -0.1) is 0 Å². The van der Waals surface area contributed by atoms with E-state index in [4.69, 9.17) is 22.7 Å². The van der Waals surface area contributed by atoms with Gasteiger partial charge < -0.3 is 10.5 Å². The van der Waals surface area contributed by atoms with Crippen LogP contribution in [0.4, 0.5) is 4.39 Å². The molecule has 18 heavy (non-hydrogen) atoms. The second-order valence-electron chi connectivity index (χ2n) is 5.13. The number of nitrogens with two attached hydrogens (primary N) is 1. The number of rotatable bonds is 6. The molecule has 0 unspecified atom stereocenters. The highest BCUT2D eigenvalue weighted by Gasteiger charge is 2.20. The van der Waals surface area contributed by atoms with E-state index in [1.54, 1.807) is 12.1 Å². The van der Waals surface area contributed by atoms with E-state index in [-0.39, 0.29) is 11.2 Å². The fourth-order valence-electron chi connectivity index (χ4n) is 1.54. The summed E-state index contributed by atoms with van der Waals surface area (Å²) < 4.78 is 18.8. The highest BCUT2D eigenvalue weighted by molar-refractivity contribution is 7.80. The average Bonchev–Trinajstić information content (AvgIpc) is 2.28. The summed E-state index contributed by atoms with van der Waals surface area (Å²) in [6, 6.07) is 4.84. The van der Waals surface area contributed by atoms with Gasteiger partial charge in [-0.05, 0) is 37.5 Å². The van der Waals surface area contributed by atoms with Crippen molar-refractivity contribution in [1.82, 2.24) is 0 Å². The monoisotopic (exact) mass is 269 g/mol. The van der Waals surface area contributed by atoms with Crippen LogP contribution in [-0.4, -0.2) is 11.6 Å². The Morgan fingerprint density at radius 2 is 2.11 bits per heavy atom. The molecule has 0 bridgehead atoms. The van der Waals surface area contributed by atoms with Gasteiger partial charge in [-0.25, -0.2) is 4.39 Å². The molecule has 1 aromatic carbocycles. The van der Waals surface area contributed by atoms with Crippen LogP contribution in [-0.2, 0) is 0 Å². The summed E-state index contributed by atoms with van der Waals surface area (Å²) in [7, 11) is 0. The van der Waals surface area contributed by atoms with E-state index in [9.17, 15) is 4.39 Å². The SMILES string of the molecule is Cc1ccc(F)c(OCCCC(C)(C)C(N)=S)c1. The van der Waals surface area contributed by atoms with Gasteiger partial charge in [0.1, 0.15) is 0 Å². The first-order valence-electron chi connectivity index (χ1n) is 6.02. The van der Waals surface area contributed by atoms with Gasteiger partial charge in [-0.2, -0.15) is 0 Å². The van der Waals surface area contributed by atoms with Crippen LogP contribution in [0.3, 0.4) is 0 Å². The molecule has 1 rings (SSSR count). The molecule has 0 saturated heterocycles. The van der Waals surface area contributed by atoms with Crippen molar-refractivity contribution in [1.29, 1.82) is 0 Å². The third-order valence-corrected chi connectivity index (χ3v) is 3.51. The summed E-state index contributed by atoms with van der Waals surface area (Å²) in [5, 5.41) is 0. The van der Waals surface area contributed by atoms with Crippen molar-refractivity contribution in [3.63, 3.8) is 0 Å². The minimum Gasteiger partial charge on any atom is -0.491 e. The van der Waals surface area contributed by atoms with Crippen molar-refractivity contribution >= 4 is 17.2 Å². The number of aryl methyl sites for hydroxylation is 1. The minimum absolute atomic E-state index is 0.177. The van der Waals surface area contributed by atoms with Gasteiger partial charge in [0.2, 0.25) is 0 Å². The van der Waals surface area contributed by atoms with E-state index in [0.29, 0.717) is 17.3 Å². The number of hydrogen-bond donors (Lipinski definition) is 1. The summed E-state index contributed by atoms with van der Waals surface area (Å²) >= 11 is 4.99. The Hall–Kier alpha value is -1.16. The van der Waals surface area contributed by atoms with E-state index < -0.39 is 0 Å². The number of hydrogen-bond acceptors (Lipinski definition) is 2. The summed E-state index contributed by atoms with van der Waals surface area (Å²) in [5.74, 6) is -0.0164. The lowest BCUT2D eigenvalue weighted by molar-refractivity contribution is 0.276. The largest absolute Gasteiger partial charge is 0.491 e. The topological polar surface area (TPSA) is 35.2 Å². The quantitative estimate of drug-likeness (QED) is 0.633. The van der Waals surface area contributed by atoms with Crippen LogP contribution in [0.15, 0.2) is 18.2 Å². The van der Waals surface area contributed by atoms with E-state index in [1.165, 1.54) is 6.07 Å². The van der Waals surface area contributed by atoms with E-state index in [1.807, 2.05) is 20.8 Å². The Morgan fingerprint density at radius 3 is 2.72 bits per heavy atom. The van der Waals surface area contributed by atoms with Crippen LogP contribution < -0.4 is 10.5 Å². The van der Waals surface area contributed by atoms with Gasteiger partial charge in [-0.3, -0.25) is 0 Å². The van der Waals surface area contributed by atoms with Crippen LogP contribution in [0.2, 0.25) is 0 Å². The second kappa shape index (κ2) is 6.14. The van der Waals surface area contributed by atoms with Crippen LogP contribution >= 0.6 is 12.2 Å². The molecule has 100 valence electrons. The van der Waals surface area contributed by atoms with Gasteiger partial charge in [0.05, 0.1) is 11.6 Å². The molecule has 4 heteroatoms. The zero-order chi connectivity index (χ0) is 13.8. The molecule has 0 saturated carbocycles. The maximum atomic E-state index is 13.4. The first kappa shape index (κ1) is 14.9. The smallest absolute Gasteiger partial charge is 0.165 e. The summed E-state index contributed by atoms with van der Waals surface area (Å²) in [4.78, 5) is 0.504. The molecule has 0 aromatic heterocycles. The van der Waals surface area contributed by atoms with Gasteiger partial charge in [-0.1, -0.05) is 32.1 Å². The highest BCUT2D eigenvalue weighted by atomic mass is 32.1. The zero-order valence-corrected chi connectivity index (χ0v) is 11.9. The Bertz CT molecular complexity index is 432. The van der Waals surface area contributed by atoms with Crippen molar-refractivity contribution in [3.8, 4) is 5.75 Å². The third kappa shape index (κ3) is 4.26. The Kier molecular flexibility index (Phi) is 5.08. The molecule has 0 spiro atoms. The predicted molar refractivity (Wildman–Crippen MR) is 76.4 cm³/mol. The fraction of sp³-hybridized carbons (Fsp3) is 0.500. The van der Waals surface area contributed by atoms with Crippen molar-refractivity contribution in [3.05, 3.63) is 29.6 Å². The van der Waals surface area contributed by atoms with E-state index in [0.717, 1.165) is 18.4 Å². The lowest BCUT2D eigenvalue weighted by Gasteiger charge is -2.22. The highest BCUT2D eigenvalue weighted by Crippen LogP contribution is 2.23. The van der Waals surface area contributed by atoms with Gasteiger partial charge >= 0.3 is 0 Å².